The van der Waals surface area contributed by atoms with Crippen LogP contribution in [0.5, 0.6) is 0 Å². The topological polar surface area (TPSA) is 44.2 Å². The normalized spacial score (nSPS) is 15.1. The lowest BCUT2D eigenvalue weighted by molar-refractivity contribution is 0.00578. The Labute approximate surface area is 335 Å². The van der Waals surface area contributed by atoms with Gasteiger partial charge in [0, 0.05) is 26.9 Å². The van der Waals surface area contributed by atoms with Gasteiger partial charge in [-0.3, -0.25) is 4.98 Å². The Hall–Kier alpha value is -2.88. The largest absolute Gasteiger partial charge is 0.494 e. The van der Waals surface area contributed by atoms with Gasteiger partial charge in [-0.2, -0.15) is 0 Å². The summed E-state index contributed by atoms with van der Waals surface area (Å²) in [5.41, 5.74) is 5.50. The van der Waals surface area contributed by atoms with Crippen LogP contribution in [0.1, 0.15) is 80.4 Å². The first-order chi connectivity index (χ1) is 24.2. The highest BCUT2D eigenvalue weighted by Gasteiger charge is 2.51. The molecule has 4 aromatic carbocycles. The molecule has 8 heteroatoms. The standard InChI is InChI=1S/C20H27BO2.C19H18BrN.C5H3Br2N/c1-18(2,3)17-13-15(12-14-10-8-9-11-16(14)17)21-22-19(4,5)20(6,7)23-21;1-19(2,3)17-11-14(18-12-15(20)8-9-21-18)10-13-6-4-5-7-16(13)17;6-4-1-2-8-5(7)3-4/h8-13H,1-7H3;4-12H,1-3H3;1-3H. The molecular weight excluding hydrogens is 839 g/mol. The van der Waals surface area contributed by atoms with Crippen molar-refractivity contribution in [1.82, 2.24) is 9.97 Å². The monoisotopic (exact) mass is 884 g/mol. The highest BCUT2D eigenvalue weighted by Crippen LogP contribution is 2.38. The molecule has 0 N–H and O–H groups in total. The van der Waals surface area contributed by atoms with Crippen LogP contribution >= 0.6 is 47.8 Å². The smallest absolute Gasteiger partial charge is 0.399 e. The summed E-state index contributed by atoms with van der Waals surface area (Å²) in [6.45, 7) is 21.9. The summed E-state index contributed by atoms with van der Waals surface area (Å²) >= 11 is 10.0. The van der Waals surface area contributed by atoms with Gasteiger partial charge in [0.05, 0.1) is 16.9 Å². The van der Waals surface area contributed by atoms with E-state index in [-0.39, 0.29) is 29.2 Å². The van der Waals surface area contributed by atoms with E-state index in [9.17, 15) is 0 Å². The van der Waals surface area contributed by atoms with Crippen molar-refractivity contribution in [2.24, 2.45) is 0 Å². The van der Waals surface area contributed by atoms with Gasteiger partial charge in [0.25, 0.3) is 0 Å². The van der Waals surface area contributed by atoms with Gasteiger partial charge in [-0.1, -0.05) is 134 Å². The summed E-state index contributed by atoms with van der Waals surface area (Å²) in [4.78, 5) is 8.44. The number of halogens is 3. The van der Waals surface area contributed by atoms with E-state index in [2.05, 4.69) is 206 Å². The van der Waals surface area contributed by atoms with Gasteiger partial charge in [0.2, 0.25) is 0 Å². The van der Waals surface area contributed by atoms with Crippen molar-refractivity contribution in [3.05, 3.63) is 134 Å². The molecule has 270 valence electrons. The lowest BCUT2D eigenvalue weighted by Crippen LogP contribution is -2.41. The van der Waals surface area contributed by atoms with Gasteiger partial charge in [-0.05, 0) is 129 Å². The molecule has 6 aromatic rings. The molecule has 0 bridgehead atoms. The van der Waals surface area contributed by atoms with Gasteiger partial charge in [-0.15, -0.1) is 0 Å². The molecule has 1 saturated heterocycles. The number of benzene rings is 4. The van der Waals surface area contributed by atoms with Crippen molar-refractivity contribution in [2.75, 3.05) is 0 Å². The summed E-state index contributed by atoms with van der Waals surface area (Å²) in [6, 6.07) is 33.9. The van der Waals surface area contributed by atoms with Crippen LogP contribution in [-0.2, 0) is 20.1 Å². The molecule has 3 heterocycles. The Morgan fingerprint density at radius 2 is 1.04 bits per heavy atom. The van der Waals surface area contributed by atoms with Crippen molar-refractivity contribution in [3.8, 4) is 11.3 Å². The molecule has 2 aromatic heterocycles. The summed E-state index contributed by atoms with van der Waals surface area (Å²) in [5.74, 6) is 0. The molecule has 1 aliphatic rings. The third-order valence-corrected chi connectivity index (χ3v) is 11.0. The van der Waals surface area contributed by atoms with E-state index >= 15 is 0 Å². The Morgan fingerprint density at radius 3 is 1.52 bits per heavy atom. The second kappa shape index (κ2) is 15.8. The Balaban J connectivity index is 0.000000167. The third kappa shape index (κ3) is 9.61. The van der Waals surface area contributed by atoms with E-state index in [1.807, 2.05) is 24.4 Å². The molecule has 0 unspecified atom stereocenters. The number of hydrogen-bond donors (Lipinski definition) is 0. The zero-order valence-corrected chi connectivity index (χ0v) is 36.6. The molecule has 7 rings (SSSR count). The zero-order valence-electron chi connectivity index (χ0n) is 31.8. The quantitative estimate of drug-likeness (QED) is 0.128. The van der Waals surface area contributed by atoms with Crippen LogP contribution in [-0.4, -0.2) is 28.3 Å². The molecule has 0 amide bonds. The number of pyridine rings is 2. The van der Waals surface area contributed by atoms with Gasteiger partial charge in [-0.25, -0.2) is 4.98 Å². The predicted octanol–water partition coefficient (Wildman–Crippen LogP) is 13.0. The maximum atomic E-state index is 6.24. The molecule has 0 aliphatic carbocycles. The number of fused-ring (bicyclic) bond motifs is 2. The molecule has 4 nitrogen and oxygen atoms in total. The Morgan fingerprint density at radius 1 is 0.558 bits per heavy atom. The molecule has 52 heavy (non-hydrogen) atoms. The van der Waals surface area contributed by atoms with Crippen molar-refractivity contribution < 1.29 is 9.31 Å². The number of hydrogen-bond acceptors (Lipinski definition) is 4. The van der Waals surface area contributed by atoms with Crippen molar-refractivity contribution in [2.45, 2.75) is 91.3 Å². The molecule has 0 atom stereocenters. The van der Waals surface area contributed by atoms with Gasteiger partial charge < -0.3 is 9.31 Å². The number of rotatable bonds is 2. The van der Waals surface area contributed by atoms with Crippen LogP contribution in [0.4, 0.5) is 0 Å². The van der Waals surface area contributed by atoms with Gasteiger partial charge >= 0.3 is 7.12 Å². The summed E-state index contributed by atoms with van der Waals surface area (Å²) in [7, 11) is -0.314. The van der Waals surface area contributed by atoms with Crippen LogP contribution in [0.2, 0.25) is 0 Å². The van der Waals surface area contributed by atoms with Crippen LogP contribution < -0.4 is 5.46 Å². The first-order valence-corrected chi connectivity index (χ1v) is 19.9. The minimum absolute atomic E-state index is 0.0687. The second-order valence-electron chi connectivity index (χ2n) is 16.3. The molecule has 0 saturated carbocycles. The van der Waals surface area contributed by atoms with E-state index in [0.717, 1.165) is 24.7 Å². The zero-order chi connectivity index (χ0) is 38.1. The Kier molecular flexibility index (Phi) is 12.3. The first kappa shape index (κ1) is 40.3. The van der Waals surface area contributed by atoms with E-state index < -0.39 is 0 Å². The van der Waals surface area contributed by atoms with E-state index in [1.165, 1.54) is 38.2 Å². The second-order valence-corrected chi connectivity index (χ2v) is 18.9. The van der Waals surface area contributed by atoms with Crippen molar-refractivity contribution >= 4 is 81.9 Å². The fourth-order valence-corrected chi connectivity index (χ4v) is 7.43. The predicted molar refractivity (Wildman–Crippen MR) is 232 cm³/mol. The van der Waals surface area contributed by atoms with E-state index in [0.29, 0.717) is 0 Å². The van der Waals surface area contributed by atoms with E-state index in [4.69, 9.17) is 9.31 Å². The number of nitrogens with zero attached hydrogens (tertiary/aromatic N) is 2. The summed E-state index contributed by atoms with van der Waals surface area (Å²) in [6.07, 6.45) is 3.57. The fraction of sp³-hybridized carbons (Fsp3) is 0.318. The third-order valence-electron chi connectivity index (χ3n) is 9.59. The van der Waals surface area contributed by atoms with Crippen LogP contribution in [0, 0.1) is 0 Å². The SMILES string of the molecule is Brc1ccnc(Br)c1.CC(C)(C)c1cc(-c2cc(Br)ccn2)cc2ccccc12.CC(C)(C)c1cc(B2OC(C)(C)C(C)(C)O2)cc2ccccc12. The Bertz CT molecular complexity index is 2150. The average molecular weight is 887 g/mol. The average Bonchev–Trinajstić information content (AvgIpc) is 3.29. The van der Waals surface area contributed by atoms with Crippen molar-refractivity contribution in [1.29, 1.82) is 0 Å². The van der Waals surface area contributed by atoms with Crippen molar-refractivity contribution in [3.63, 3.8) is 0 Å². The molecule has 1 fully saturated rings. The number of aromatic nitrogens is 2. The van der Waals surface area contributed by atoms with E-state index in [1.54, 1.807) is 6.20 Å². The molecule has 0 spiro atoms. The highest BCUT2D eigenvalue weighted by molar-refractivity contribution is 9.11. The fourth-order valence-electron chi connectivity index (χ4n) is 6.09. The minimum atomic E-state index is -0.314. The van der Waals surface area contributed by atoms with Crippen LogP contribution in [0.3, 0.4) is 0 Å². The summed E-state index contributed by atoms with van der Waals surface area (Å²) < 4.78 is 15.4. The van der Waals surface area contributed by atoms with Gasteiger partial charge in [0.1, 0.15) is 4.60 Å². The molecule has 0 radical (unpaired) electrons. The lowest BCUT2D eigenvalue weighted by atomic mass is 9.73. The first-order valence-electron chi connectivity index (χ1n) is 17.6. The maximum absolute atomic E-state index is 6.24. The lowest BCUT2D eigenvalue weighted by Gasteiger charge is -2.32. The highest BCUT2D eigenvalue weighted by atomic mass is 79.9. The van der Waals surface area contributed by atoms with Crippen LogP contribution in [0.15, 0.2) is 123 Å². The maximum Gasteiger partial charge on any atom is 0.494 e. The molecule has 1 aliphatic heterocycles. The van der Waals surface area contributed by atoms with Gasteiger partial charge in [0.15, 0.2) is 0 Å². The molecular formula is C44H48BBr3N2O2. The minimum Gasteiger partial charge on any atom is -0.399 e. The summed E-state index contributed by atoms with van der Waals surface area (Å²) in [5, 5.41) is 5.13. The van der Waals surface area contributed by atoms with Crippen LogP contribution in [0.25, 0.3) is 32.8 Å².